The third kappa shape index (κ3) is 7.67. The number of hydrogen-bond acceptors (Lipinski definition) is 4. The predicted molar refractivity (Wildman–Crippen MR) is 157 cm³/mol. The average molecular weight is 535 g/mol. The van der Waals surface area contributed by atoms with Crippen molar-refractivity contribution in [3.05, 3.63) is 131 Å². The van der Waals surface area contributed by atoms with E-state index in [1.807, 2.05) is 97.1 Å². The zero-order valence-electron chi connectivity index (χ0n) is 22.7. The van der Waals surface area contributed by atoms with Crippen LogP contribution in [0.5, 0.6) is 0 Å². The topological polar surface area (TPSA) is 75.7 Å². The average Bonchev–Trinajstić information content (AvgIpc) is 3.01. The van der Waals surface area contributed by atoms with Crippen LogP contribution >= 0.6 is 0 Å². The number of nitrogens with zero attached hydrogens (tertiary/aromatic N) is 1. The van der Waals surface area contributed by atoms with Crippen LogP contribution in [0.4, 0.5) is 0 Å². The molecule has 0 heterocycles. The van der Waals surface area contributed by atoms with Crippen LogP contribution in [0.2, 0.25) is 0 Å². The first kappa shape index (κ1) is 28.3. The van der Waals surface area contributed by atoms with Crippen molar-refractivity contribution in [3.8, 4) is 11.1 Å². The Morgan fingerprint density at radius 2 is 1.23 bits per heavy atom. The lowest BCUT2D eigenvalue weighted by Crippen LogP contribution is -2.35. The second-order valence-corrected chi connectivity index (χ2v) is 9.34. The molecular weight excluding hydrogens is 500 g/mol. The standard InChI is InChI=1S/C34H34N2O4/c1-2-40-32(37)22-24-36(23-21-26-13-5-3-6-14-26)34(39)31-20-12-10-18-29(31)28-17-9-11-19-30(28)33(38)35-25-27-15-7-4-8-16-27/h3-20H,2,21-25H2,1H3,(H,35,38). The maximum Gasteiger partial charge on any atom is 0.307 e. The summed E-state index contributed by atoms with van der Waals surface area (Å²) < 4.78 is 5.11. The van der Waals surface area contributed by atoms with E-state index in [4.69, 9.17) is 4.74 Å². The van der Waals surface area contributed by atoms with E-state index in [0.29, 0.717) is 48.4 Å². The molecular formula is C34H34N2O4. The minimum Gasteiger partial charge on any atom is -0.466 e. The predicted octanol–water partition coefficient (Wildman–Crippen LogP) is 5.92. The van der Waals surface area contributed by atoms with Crippen molar-refractivity contribution < 1.29 is 19.1 Å². The van der Waals surface area contributed by atoms with E-state index in [-0.39, 0.29) is 30.7 Å². The minimum atomic E-state index is -0.339. The van der Waals surface area contributed by atoms with Crippen LogP contribution in [0.3, 0.4) is 0 Å². The first-order chi connectivity index (χ1) is 19.6. The normalized spacial score (nSPS) is 10.5. The lowest BCUT2D eigenvalue weighted by Gasteiger charge is -2.24. The Bertz CT molecular complexity index is 1420. The van der Waals surface area contributed by atoms with Gasteiger partial charge in [-0.2, -0.15) is 0 Å². The molecule has 4 aromatic carbocycles. The van der Waals surface area contributed by atoms with Gasteiger partial charge in [0.25, 0.3) is 11.8 Å². The summed E-state index contributed by atoms with van der Waals surface area (Å²) in [7, 11) is 0. The molecule has 1 N–H and O–H groups in total. The number of esters is 1. The molecule has 4 aromatic rings. The molecule has 40 heavy (non-hydrogen) atoms. The summed E-state index contributed by atoms with van der Waals surface area (Å²) in [6.07, 6.45) is 0.755. The highest BCUT2D eigenvalue weighted by Crippen LogP contribution is 2.28. The summed E-state index contributed by atoms with van der Waals surface area (Å²) in [5.74, 6) is -0.756. The van der Waals surface area contributed by atoms with Gasteiger partial charge in [-0.25, -0.2) is 0 Å². The van der Waals surface area contributed by atoms with Gasteiger partial charge < -0.3 is 15.0 Å². The number of hydrogen-bond donors (Lipinski definition) is 1. The molecule has 0 aliphatic heterocycles. The van der Waals surface area contributed by atoms with Gasteiger partial charge in [-0.3, -0.25) is 14.4 Å². The summed E-state index contributed by atoms with van der Waals surface area (Å²) >= 11 is 0. The number of rotatable bonds is 12. The van der Waals surface area contributed by atoms with Gasteiger partial charge in [0, 0.05) is 30.8 Å². The molecule has 204 valence electrons. The molecule has 2 amide bonds. The van der Waals surface area contributed by atoms with Gasteiger partial charge in [0.05, 0.1) is 13.0 Å². The van der Waals surface area contributed by atoms with Crippen molar-refractivity contribution in [2.45, 2.75) is 26.3 Å². The molecule has 0 aromatic heterocycles. The number of benzene rings is 4. The highest BCUT2D eigenvalue weighted by atomic mass is 16.5. The summed E-state index contributed by atoms with van der Waals surface area (Å²) in [5, 5.41) is 2.99. The second kappa shape index (κ2) is 14.4. The Labute approximate surface area is 235 Å². The van der Waals surface area contributed by atoms with Crippen molar-refractivity contribution in [3.63, 3.8) is 0 Å². The van der Waals surface area contributed by atoms with E-state index in [1.165, 1.54) is 0 Å². The molecule has 0 saturated heterocycles. The molecule has 0 atom stereocenters. The lowest BCUT2D eigenvalue weighted by atomic mass is 9.94. The third-order valence-corrected chi connectivity index (χ3v) is 6.61. The zero-order valence-corrected chi connectivity index (χ0v) is 22.7. The molecule has 0 aliphatic carbocycles. The number of nitrogens with one attached hydrogen (secondary N) is 1. The van der Waals surface area contributed by atoms with Gasteiger partial charge in [-0.1, -0.05) is 97.1 Å². The van der Waals surface area contributed by atoms with Crippen molar-refractivity contribution in [2.75, 3.05) is 19.7 Å². The Morgan fingerprint density at radius 3 is 1.88 bits per heavy atom. The smallest absolute Gasteiger partial charge is 0.307 e. The quantitative estimate of drug-likeness (QED) is 0.229. The minimum absolute atomic E-state index is 0.106. The van der Waals surface area contributed by atoms with Crippen LogP contribution in [0.1, 0.15) is 45.2 Å². The summed E-state index contributed by atoms with van der Waals surface area (Å²) in [4.78, 5) is 41.1. The maximum absolute atomic E-state index is 14.0. The van der Waals surface area contributed by atoms with E-state index in [2.05, 4.69) is 5.32 Å². The van der Waals surface area contributed by atoms with Gasteiger partial charge in [0.15, 0.2) is 0 Å². The van der Waals surface area contributed by atoms with Gasteiger partial charge in [-0.05, 0) is 47.7 Å². The fraction of sp³-hybridized carbons (Fsp3) is 0.206. The number of carbonyl (C=O) groups is 3. The fourth-order valence-corrected chi connectivity index (χ4v) is 4.55. The first-order valence-corrected chi connectivity index (χ1v) is 13.6. The van der Waals surface area contributed by atoms with Crippen LogP contribution in [-0.2, 0) is 22.5 Å². The van der Waals surface area contributed by atoms with Gasteiger partial charge in [0.2, 0.25) is 0 Å². The van der Waals surface area contributed by atoms with Crippen molar-refractivity contribution in [1.82, 2.24) is 10.2 Å². The van der Waals surface area contributed by atoms with Crippen LogP contribution < -0.4 is 5.32 Å². The van der Waals surface area contributed by atoms with Gasteiger partial charge in [0.1, 0.15) is 0 Å². The van der Waals surface area contributed by atoms with Crippen LogP contribution in [0.15, 0.2) is 109 Å². The Balaban J connectivity index is 1.60. The monoisotopic (exact) mass is 534 g/mol. The molecule has 0 bridgehead atoms. The maximum atomic E-state index is 14.0. The first-order valence-electron chi connectivity index (χ1n) is 13.6. The molecule has 6 nitrogen and oxygen atoms in total. The van der Waals surface area contributed by atoms with E-state index < -0.39 is 0 Å². The number of carbonyl (C=O) groups excluding carboxylic acids is 3. The summed E-state index contributed by atoms with van der Waals surface area (Å²) in [6.45, 7) is 3.13. The highest BCUT2D eigenvalue weighted by molar-refractivity contribution is 6.06. The molecule has 6 heteroatoms. The zero-order chi connectivity index (χ0) is 28.2. The summed E-state index contributed by atoms with van der Waals surface area (Å²) in [6, 6.07) is 34.3. The van der Waals surface area contributed by atoms with Crippen LogP contribution in [-0.4, -0.2) is 42.4 Å². The van der Waals surface area contributed by atoms with Crippen molar-refractivity contribution in [1.29, 1.82) is 0 Å². The molecule has 4 rings (SSSR count). The molecule has 0 spiro atoms. The van der Waals surface area contributed by atoms with E-state index in [0.717, 1.165) is 11.1 Å². The second-order valence-electron chi connectivity index (χ2n) is 9.34. The van der Waals surface area contributed by atoms with Crippen LogP contribution in [0.25, 0.3) is 11.1 Å². The molecule has 0 fully saturated rings. The Morgan fingerprint density at radius 1 is 0.675 bits per heavy atom. The fourth-order valence-electron chi connectivity index (χ4n) is 4.55. The summed E-state index contributed by atoms with van der Waals surface area (Å²) in [5.41, 5.74) is 4.40. The number of amides is 2. The SMILES string of the molecule is CCOC(=O)CCN(CCc1ccccc1)C(=O)c1ccccc1-c1ccccc1C(=O)NCc1ccccc1. The van der Waals surface area contributed by atoms with Crippen molar-refractivity contribution >= 4 is 17.8 Å². The molecule has 0 saturated carbocycles. The lowest BCUT2D eigenvalue weighted by molar-refractivity contribution is -0.143. The van der Waals surface area contributed by atoms with Gasteiger partial charge >= 0.3 is 5.97 Å². The van der Waals surface area contributed by atoms with E-state index in [1.54, 1.807) is 24.0 Å². The largest absolute Gasteiger partial charge is 0.466 e. The Kier molecular flexibility index (Phi) is 10.2. The molecule has 0 unspecified atom stereocenters. The number of ether oxygens (including phenoxy) is 1. The molecule has 0 aliphatic rings. The highest BCUT2D eigenvalue weighted by Gasteiger charge is 2.23. The Hall–Kier alpha value is -4.71. The van der Waals surface area contributed by atoms with Gasteiger partial charge in [-0.15, -0.1) is 0 Å². The van der Waals surface area contributed by atoms with Crippen LogP contribution in [0, 0.1) is 0 Å². The van der Waals surface area contributed by atoms with E-state index >= 15 is 0 Å². The molecule has 0 radical (unpaired) electrons. The third-order valence-electron chi connectivity index (χ3n) is 6.61. The van der Waals surface area contributed by atoms with Crippen molar-refractivity contribution in [2.24, 2.45) is 0 Å². The van der Waals surface area contributed by atoms with E-state index in [9.17, 15) is 14.4 Å².